The highest BCUT2D eigenvalue weighted by molar-refractivity contribution is 5.91. The lowest BCUT2D eigenvalue weighted by Crippen LogP contribution is -2.55. The van der Waals surface area contributed by atoms with Crippen LogP contribution in [0.1, 0.15) is 47.2 Å². The van der Waals surface area contributed by atoms with Gasteiger partial charge in [-0.05, 0) is 49.3 Å². The fraction of sp³-hybridized carbons (Fsp3) is 0.500. The number of hydrogen-bond donors (Lipinski definition) is 0. The summed E-state index contributed by atoms with van der Waals surface area (Å²) in [7, 11) is 1.64. The van der Waals surface area contributed by atoms with E-state index in [2.05, 4.69) is 52.6 Å². The number of fused-ring (bicyclic) bond motifs is 2. The Hall–Kier alpha value is -4.63. The number of likely N-dealkylation sites (tertiary alicyclic amines) is 1. The van der Waals surface area contributed by atoms with Gasteiger partial charge in [0.25, 0.3) is 5.91 Å². The number of halogens is 1. The molecule has 6 rings (SSSR count). The first kappa shape index (κ1) is 32.3. The summed E-state index contributed by atoms with van der Waals surface area (Å²) in [5.41, 5.74) is 6.86. The number of nitrogens with zero attached hydrogens (tertiary/aromatic N) is 7. The Morgan fingerprint density at radius 2 is 1.89 bits per heavy atom. The zero-order valence-electron chi connectivity index (χ0n) is 26.9. The van der Waals surface area contributed by atoms with Crippen molar-refractivity contribution in [2.45, 2.75) is 63.3 Å². The molecule has 47 heavy (non-hydrogen) atoms. The van der Waals surface area contributed by atoms with E-state index >= 15 is 0 Å². The number of anilines is 2. The third-order valence-electron chi connectivity index (χ3n) is 9.91. The van der Waals surface area contributed by atoms with E-state index in [0.717, 1.165) is 30.6 Å². The lowest BCUT2D eigenvalue weighted by Gasteiger charge is -2.43. The van der Waals surface area contributed by atoms with Crippen LogP contribution in [0.4, 0.5) is 15.8 Å². The first-order valence-electron chi connectivity index (χ1n) is 16.3. The summed E-state index contributed by atoms with van der Waals surface area (Å²) in [6, 6.07) is 10.5. The minimum atomic E-state index is -1.05. The molecule has 10 nitrogen and oxygen atoms in total. The molecule has 4 aliphatic rings. The van der Waals surface area contributed by atoms with Crippen molar-refractivity contribution in [1.29, 1.82) is 10.5 Å². The average molecular weight is 638 g/mol. The zero-order valence-corrected chi connectivity index (χ0v) is 26.9. The molecule has 0 bridgehead atoms. The van der Waals surface area contributed by atoms with E-state index in [1.165, 1.54) is 34.6 Å². The van der Waals surface area contributed by atoms with Crippen LogP contribution in [0.15, 0.2) is 30.6 Å². The second-order valence-corrected chi connectivity index (χ2v) is 12.7. The van der Waals surface area contributed by atoms with Crippen LogP contribution >= 0.6 is 0 Å². The molecule has 0 saturated carbocycles. The number of nitriles is 2. The SMILES string of the molecule is C#CCN1C[C@@H](OC)[C@H](Oc2nc3c(c(N4CCN(C(=O)C(=C)F)[C@@H](CC#N)C4)c2C#N)CCN(c2cccc4c2CCCC4)C3)C1. The number of rotatable bonds is 8. The number of aromatic nitrogens is 1. The highest BCUT2D eigenvalue weighted by Crippen LogP contribution is 2.40. The lowest BCUT2D eigenvalue weighted by molar-refractivity contribution is -0.131. The number of carbonyl (C=O) groups excluding carboxylic acids is 1. The monoisotopic (exact) mass is 637 g/mol. The van der Waals surface area contributed by atoms with Crippen molar-refractivity contribution in [2.24, 2.45) is 0 Å². The molecule has 1 amide bonds. The Labute approximate surface area is 275 Å². The van der Waals surface area contributed by atoms with Crippen LogP contribution in [-0.2, 0) is 35.3 Å². The molecular weight excluding hydrogens is 597 g/mol. The van der Waals surface area contributed by atoms with Gasteiger partial charge in [0, 0.05) is 57.6 Å². The molecule has 0 radical (unpaired) electrons. The third-order valence-corrected chi connectivity index (χ3v) is 9.91. The van der Waals surface area contributed by atoms with Gasteiger partial charge in [-0.15, -0.1) is 6.42 Å². The summed E-state index contributed by atoms with van der Waals surface area (Å²) in [6.07, 6.45) is 10.1. The number of amides is 1. The summed E-state index contributed by atoms with van der Waals surface area (Å²) in [4.78, 5) is 25.6. The van der Waals surface area contributed by atoms with Crippen LogP contribution in [0.3, 0.4) is 0 Å². The third kappa shape index (κ3) is 6.37. The molecule has 0 spiro atoms. The topological polar surface area (TPSA) is 109 Å². The zero-order chi connectivity index (χ0) is 33.1. The average Bonchev–Trinajstić information content (AvgIpc) is 3.48. The number of benzene rings is 1. The number of methoxy groups -OCH3 is 1. The summed E-state index contributed by atoms with van der Waals surface area (Å²) in [5, 5.41) is 20.3. The Morgan fingerprint density at radius 3 is 2.64 bits per heavy atom. The van der Waals surface area contributed by atoms with Crippen molar-refractivity contribution in [1.82, 2.24) is 14.8 Å². The van der Waals surface area contributed by atoms with Crippen LogP contribution in [-0.4, -0.2) is 91.9 Å². The van der Waals surface area contributed by atoms with Crippen molar-refractivity contribution in [2.75, 3.05) is 62.7 Å². The second-order valence-electron chi connectivity index (χ2n) is 12.7. The van der Waals surface area contributed by atoms with Gasteiger partial charge in [-0.1, -0.05) is 24.6 Å². The number of terminal acetylenes is 1. The van der Waals surface area contributed by atoms with Gasteiger partial charge in [0.2, 0.25) is 5.88 Å². The number of ether oxygens (including phenoxy) is 2. The Bertz CT molecular complexity index is 1670. The van der Waals surface area contributed by atoms with Gasteiger partial charge in [0.15, 0.2) is 5.83 Å². The quantitative estimate of drug-likeness (QED) is 0.317. The number of hydrogen-bond acceptors (Lipinski definition) is 9. The van der Waals surface area contributed by atoms with Gasteiger partial charge in [0.05, 0.1) is 43.0 Å². The molecule has 1 aromatic heterocycles. The number of carbonyl (C=O) groups is 1. The predicted octanol–water partition coefficient (Wildman–Crippen LogP) is 3.52. The smallest absolute Gasteiger partial charge is 0.282 e. The van der Waals surface area contributed by atoms with E-state index in [0.29, 0.717) is 50.4 Å². The normalized spacial score (nSPS) is 22.4. The van der Waals surface area contributed by atoms with Crippen LogP contribution in [0.25, 0.3) is 0 Å². The molecular formula is C36H40FN7O3. The summed E-state index contributed by atoms with van der Waals surface area (Å²) in [5.74, 6) is 1.06. The molecule has 2 fully saturated rings. The number of piperazine rings is 1. The predicted molar refractivity (Wildman–Crippen MR) is 175 cm³/mol. The van der Waals surface area contributed by atoms with E-state index in [9.17, 15) is 19.7 Å². The standard InChI is InChI=1S/C36H40FN7O3/c1-4-15-41-22-32(46-3)33(23-41)47-35-29(19-39)34(43-17-18-44(36(45)24(2)37)26(20-43)12-14-38)28-13-16-42(21-30(28)40-35)31-11-7-9-25-8-5-6-10-27(25)31/h1,7,9,11,26,32-33H,2,5-6,8,10,12-13,15-18,20-23H2,3H3/t26-,32+,33+/m0/s1. The van der Waals surface area contributed by atoms with Crippen molar-refractivity contribution in [3.8, 4) is 30.4 Å². The van der Waals surface area contributed by atoms with Crippen LogP contribution in [0, 0.1) is 35.0 Å². The largest absolute Gasteiger partial charge is 0.469 e. The van der Waals surface area contributed by atoms with Crippen molar-refractivity contribution in [3.63, 3.8) is 0 Å². The maximum Gasteiger partial charge on any atom is 0.282 e. The van der Waals surface area contributed by atoms with E-state index in [4.69, 9.17) is 20.9 Å². The molecule has 0 unspecified atom stereocenters. The van der Waals surface area contributed by atoms with Gasteiger partial charge < -0.3 is 24.2 Å². The molecule has 0 N–H and O–H groups in total. The van der Waals surface area contributed by atoms with Gasteiger partial charge in [-0.25, -0.2) is 9.37 Å². The summed E-state index contributed by atoms with van der Waals surface area (Å²) in [6.45, 7) is 6.86. The second kappa shape index (κ2) is 14.0. The molecule has 4 heterocycles. The molecule has 3 aliphatic heterocycles. The Morgan fingerprint density at radius 1 is 1.09 bits per heavy atom. The highest BCUT2D eigenvalue weighted by Gasteiger charge is 2.39. The number of pyridine rings is 1. The molecule has 1 aliphatic carbocycles. The Balaban J connectivity index is 1.40. The van der Waals surface area contributed by atoms with Crippen LogP contribution in [0.2, 0.25) is 0 Å². The van der Waals surface area contributed by atoms with E-state index in [1.54, 1.807) is 7.11 Å². The fourth-order valence-electron chi connectivity index (χ4n) is 7.65. The van der Waals surface area contributed by atoms with Crippen LogP contribution in [0.5, 0.6) is 5.88 Å². The maximum atomic E-state index is 13.9. The first-order chi connectivity index (χ1) is 22.9. The van der Waals surface area contributed by atoms with Crippen LogP contribution < -0.4 is 14.5 Å². The minimum Gasteiger partial charge on any atom is -0.469 e. The molecule has 11 heteroatoms. The molecule has 244 valence electrons. The van der Waals surface area contributed by atoms with E-state index in [-0.39, 0.29) is 31.5 Å². The molecule has 2 aromatic rings. The van der Waals surface area contributed by atoms with E-state index in [1.807, 2.05) is 4.90 Å². The van der Waals surface area contributed by atoms with Crippen molar-refractivity contribution >= 4 is 17.3 Å². The lowest BCUT2D eigenvalue weighted by atomic mass is 9.89. The highest BCUT2D eigenvalue weighted by atomic mass is 19.1. The Kier molecular flexibility index (Phi) is 9.63. The molecule has 1 aromatic carbocycles. The summed E-state index contributed by atoms with van der Waals surface area (Å²) < 4.78 is 26.3. The van der Waals surface area contributed by atoms with Gasteiger partial charge >= 0.3 is 0 Å². The minimum absolute atomic E-state index is 0.0174. The van der Waals surface area contributed by atoms with Gasteiger partial charge in [-0.2, -0.15) is 10.5 Å². The fourth-order valence-corrected chi connectivity index (χ4v) is 7.65. The van der Waals surface area contributed by atoms with Gasteiger partial charge in [0.1, 0.15) is 23.8 Å². The first-order valence-corrected chi connectivity index (χ1v) is 16.3. The molecule has 2 saturated heterocycles. The van der Waals surface area contributed by atoms with Crippen molar-refractivity contribution in [3.05, 3.63) is 58.6 Å². The van der Waals surface area contributed by atoms with E-state index < -0.39 is 23.9 Å². The van der Waals surface area contributed by atoms with Gasteiger partial charge in [-0.3, -0.25) is 9.69 Å². The number of aryl methyl sites for hydroxylation is 1. The summed E-state index contributed by atoms with van der Waals surface area (Å²) >= 11 is 0. The molecule has 3 atom stereocenters. The van der Waals surface area contributed by atoms with Crippen molar-refractivity contribution < 1.29 is 18.7 Å². The maximum absolute atomic E-state index is 13.9.